The summed E-state index contributed by atoms with van der Waals surface area (Å²) in [6, 6.07) is 11.5. The fraction of sp³-hybridized carbons (Fsp3) is 0.118. The van der Waals surface area contributed by atoms with Crippen LogP contribution in [-0.4, -0.2) is 16.1 Å². The molecule has 0 radical (unpaired) electrons. The van der Waals surface area contributed by atoms with Crippen LogP contribution in [-0.2, 0) is 11.9 Å². The first-order valence-electron chi connectivity index (χ1n) is 7.50. The number of nitrogens with one attached hydrogen (secondary N) is 1. The highest BCUT2D eigenvalue weighted by molar-refractivity contribution is 8.00. The molecule has 2 aromatic carbocycles. The molecule has 3 rings (SSSR count). The number of carbonyl (C=O) groups excluding carboxylic acids is 1. The van der Waals surface area contributed by atoms with Crippen LogP contribution in [0.1, 0.15) is 21.5 Å². The van der Waals surface area contributed by atoms with Crippen molar-refractivity contribution in [2.75, 3.05) is 5.32 Å². The molecule has 27 heavy (non-hydrogen) atoms. The zero-order valence-electron chi connectivity index (χ0n) is 13.5. The predicted molar refractivity (Wildman–Crippen MR) is 100 cm³/mol. The van der Waals surface area contributed by atoms with Crippen molar-refractivity contribution in [1.29, 1.82) is 0 Å². The van der Waals surface area contributed by atoms with E-state index in [0.717, 1.165) is 23.5 Å². The Balaban J connectivity index is 1.60. The van der Waals surface area contributed by atoms with Crippen molar-refractivity contribution >= 4 is 45.7 Å². The minimum Gasteiger partial charge on any atom is -0.296 e. The molecule has 0 spiro atoms. The van der Waals surface area contributed by atoms with Crippen LogP contribution in [0.3, 0.4) is 0 Å². The van der Waals surface area contributed by atoms with Crippen LogP contribution in [0, 0.1) is 0 Å². The van der Waals surface area contributed by atoms with Crippen LogP contribution >= 0.6 is 34.7 Å². The summed E-state index contributed by atoms with van der Waals surface area (Å²) in [7, 11) is 0. The molecule has 1 amide bonds. The maximum absolute atomic E-state index is 12.7. The monoisotopic (exact) mass is 429 g/mol. The number of halogens is 4. The molecule has 0 aliphatic carbocycles. The van der Waals surface area contributed by atoms with Gasteiger partial charge in [-0.05, 0) is 35.9 Å². The Morgan fingerprint density at radius 1 is 1.15 bits per heavy atom. The average molecular weight is 430 g/mol. The van der Waals surface area contributed by atoms with Gasteiger partial charge in [-0.3, -0.25) is 10.1 Å². The van der Waals surface area contributed by atoms with Crippen LogP contribution in [0.25, 0.3) is 0 Å². The van der Waals surface area contributed by atoms with Gasteiger partial charge in [0.25, 0.3) is 5.91 Å². The first-order chi connectivity index (χ1) is 12.8. The Labute approximate surface area is 165 Å². The van der Waals surface area contributed by atoms with Gasteiger partial charge in [0.05, 0.1) is 5.56 Å². The van der Waals surface area contributed by atoms with E-state index in [1.807, 2.05) is 0 Å². The number of thioether (sulfide) groups is 1. The summed E-state index contributed by atoms with van der Waals surface area (Å²) in [6.07, 6.45) is -4.37. The topological polar surface area (TPSA) is 54.9 Å². The molecule has 4 nitrogen and oxygen atoms in total. The van der Waals surface area contributed by atoms with E-state index in [0.29, 0.717) is 31.4 Å². The summed E-state index contributed by atoms with van der Waals surface area (Å²) >= 11 is 8.18. The van der Waals surface area contributed by atoms with Gasteiger partial charge in [0, 0.05) is 16.3 Å². The number of hydrogen-bond acceptors (Lipinski definition) is 5. The van der Waals surface area contributed by atoms with Gasteiger partial charge in [0.2, 0.25) is 5.13 Å². The molecule has 0 aliphatic heterocycles. The van der Waals surface area contributed by atoms with Crippen LogP contribution in [0.15, 0.2) is 52.9 Å². The highest BCUT2D eigenvalue weighted by Gasteiger charge is 2.30. The van der Waals surface area contributed by atoms with Gasteiger partial charge in [-0.2, -0.15) is 13.2 Å². The van der Waals surface area contributed by atoms with Crippen molar-refractivity contribution in [3.63, 3.8) is 0 Å². The summed E-state index contributed by atoms with van der Waals surface area (Å²) in [6.45, 7) is 0. The first kappa shape index (κ1) is 19.7. The molecule has 10 heteroatoms. The van der Waals surface area contributed by atoms with Crippen molar-refractivity contribution in [3.05, 3.63) is 70.2 Å². The number of amides is 1. The van der Waals surface area contributed by atoms with Gasteiger partial charge in [0.1, 0.15) is 0 Å². The number of aromatic nitrogens is 2. The van der Waals surface area contributed by atoms with Crippen molar-refractivity contribution in [2.24, 2.45) is 0 Å². The van der Waals surface area contributed by atoms with Crippen LogP contribution in [0.5, 0.6) is 0 Å². The zero-order chi connectivity index (χ0) is 19.4. The number of nitrogens with zero attached hydrogens (tertiary/aromatic N) is 2. The minimum absolute atomic E-state index is 0.307. The molecule has 0 bridgehead atoms. The van der Waals surface area contributed by atoms with Crippen LogP contribution in [0.2, 0.25) is 5.02 Å². The lowest BCUT2D eigenvalue weighted by Crippen LogP contribution is -2.11. The lowest BCUT2D eigenvalue weighted by atomic mass is 10.1. The minimum atomic E-state index is -4.37. The molecule has 140 valence electrons. The van der Waals surface area contributed by atoms with E-state index in [4.69, 9.17) is 11.6 Å². The highest BCUT2D eigenvalue weighted by Crippen LogP contribution is 2.32. The van der Waals surface area contributed by atoms with Crippen LogP contribution in [0.4, 0.5) is 18.3 Å². The molecule has 0 saturated heterocycles. The van der Waals surface area contributed by atoms with E-state index in [1.165, 1.54) is 17.8 Å². The summed E-state index contributed by atoms with van der Waals surface area (Å²) in [4.78, 5) is 12.1. The zero-order valence-corrected chi connectivity index (χ0v) is 15.8. The van der Waals surface area contributed by atoms with Gasteiger partial charge >= 0.3 is 6.18 Å². The second kappa shape index (κ2) is 8.28. The SMILES string of the molecule is O=C(Nc1nnc(SCc2cccc(C(F)(F)F)c2)s1)c1ccc(Cl)cc1. The number of alkyl halides is 3. The molecule has 0 saturated carbocycles. The predicted octanol–water partition coefficient (Wildman–Crippen LogP) is 5.75. The molecule has 1 aromatic heterocycles. The van der Waals surface area contributed by atoms with Crippen LogP contribution < -0.4 is 5.32 Å². The molecular formula is C17H11ClF3N3OS2. The van der Waals surface area contributed by atoms with E-state index in [9.17, 15) is 18.0 Å². The van der Waals surface area contributed by atoms with E-state index in [2.05, 4.69) is 15.5 Å². The van der Waals surface area contributed by atoms with Crippen molar-refractivity contribution in [3.8, 4) is 0 Å². The van der Waals surface area contributed by atoms with Gasteiger partial charge in [-0.25, -0.2) is 0 Å². The van der Waals surface area contributed by atoms with Gasteiger partial charge < -0.3 is 0 Å². The quantitative estimate of drug-likeness (QED) is 0.414. The van der Waals surface area contributed by atoms with Gasteiger partial charge in [-0.1, -0.05) is 52.9 Å². The Morgan fingerprint density at radius 2 is 1.89 bits per heavy atom. The summed E-state index contributed by atoms with van der Waals surface area (Å²) in [5, 5.41) is 11.3. The number of benzene rings is 2. The Morgan fingerprint density at radius 3 is 2.59 bits per heavy atom. The largest absolute Gasteiger partial charge is 0.416 e. The van der Waals surface area contributed by atoms with Crippen molar-refractivity contribution in [2.45, 2.75) is 16.3 Å². The Hall–Kier alpha value is -2.10. The summed E-state index contributed by atoms with van der Waals surface area (Å²) in [5.41, 5.74) is 0.262. The normalized spacial score (nSPS) is 11.4. The van der Waals surface area contributed by atoms with E-state index < -0.39 is 11.7 Å². The van der Waals surface area contributed by atoms with Gasteiger partial charge in [0.15, 0.2) is 4.34 Å². The lowest BCUT2D eigenvalue weighted by molar-refractivity contribution is -0.137. The third-order valence-electron chi connectivity index (χ3n) is 3.35. The molecule has 3 aromatic rings. The second-order valence-electron chi connectivity index (χ2n) is 5.32. The number of hydrogen-bond donors (Lipinski definition) is 1. The van der Waals surface area contributed by atoms with Gasteiger partial charge in [-0.15, -0.1) is 10.2 Å². The summed E-state index contributed by atoms with van der Waals surface area (Å²) in [5.74, 6) is -0.0406. The maximum Gasteiger partial charge on any atom is 0.416 e. The highest BCUT2D eigenvalue weighted by atomic mass is 35.5. The maximum atomic E-state index is 12.7. The molecule has 1 heterocycles. The van der Waals surface area contributed by atoms with E-state index >= 15 is 0 Å². The third kappa shape index (κ3) is 5.44. The number of rotatable bonds is 5. The molecule has 0 fully saturated rings. The molecule has 0 atom stereocenters. The fourth-order valence-corrected chi connectivity index (χ4v) is 3.89. The average Bonchev–Trinajstić information content (AvgIpc) is 3.07. The fourth-order valence-electron chi connectivity index (χ4n) is 2.07. The molecule has 0 unspecified atom stereocenters. The molecule has 0 aliphatic rings. The first-order valence-corrected chi connectivity index (χ1v) is 9.68. The standard InChI is InChI=1S/C17H11ClF3N3OS2/c18-13-6-4-11(5-7-13)14(25)22-15-23-24-16(27-15)26-9-10-2-1-3-12(8-10)17(19,20)21/h1-8H,9H2,(H,22,23,25). The molecule has 1 N–H and O–H groups in total. The van der Waals surface area contributed by atoms with E-state index in [-0.39, 0.29) is 5.91 Å². The summed E-state index contributed by atoms with van der Waals surface area (Å²) < 4.78 is 38.8. The lowest BCUT2D eigenvalue weighted by Gasteiger charge is -2.07. The van der Waals surface area contributed by atoms with E-state index in [1.54, 1.807) is 30.3 Å². The Kier molecular flexibility index (Phi) is 6.03. The Bertz CT molecular complexity index is 945. The molecular weight excluding hydrogens is 419 g/mol. The third-order valence-corrected chi connectivity index (χ3v) is 5.65. The smallest absolute Gasteiger partial charge is 0.296 e. The number of anilines is 1. The van der Waals surface area contributed by atoms with Crippen molar-refractivity contribution in [1.82, 2.24) is 10.2 Å². The number of carbonyl (C=O) groups is 1. The second-order valence-corrected chi connectivity index (χ2v) is 7.96. The van der Waals surface area contributed by atoms with Crippen molar-refractivity contribution < 1.29 is 18.0 Å².